The van der Waals surface area contributed by atoms with Crippen LogP contribution in [0.4, 0.5) is 15.8 Å². The van der Waals surface area contributed by atoms with Gasteiger partial charge >= 0.3 is 0 Å². The van der Waals surface area contributed by atoms with Crippen LogP contribution >= 0.6 is 0 Å². The fourth-order valence-electron chi connectivity index (χ4n) is 3.36. The van der Waals surface area contributed by atoms with E-state index in [0.29, 0.717) is 29.6 Å². The molecule has 0 radical (unpaired) electrons. The number of aliphatic hydroxyl groups is 1. The van der Waals surface area contributed by atoms with Gasteiger partial charge in [-0.05, 0) is 43.5 Å². The minimum Gasteiger partial charge on any atom is -0.448 e. The van der Waals surface area contributed by atoms with Crippen molar-refractivity contribution in [3.63, 3.8) is 0 Å². The Morgan fingerprint density at radius 3 is 2.86 bits per heavy atom. The molecule has 1 saturated heterocycles. The summed E-state index contributed by atoms with van der Waals surface area (Å²) in [7, 11) is 0. The number of piperidine rings is 1. The van der Waals surface area contributed by atoms with E-state index >= 15 is 0 Å². The fourth-order valence-corrected chi connectivity index (χ4v) is 3.36. The zero-order valence-corrected chi connectivity index (χ0v) is 16.9. The maximum absolute atomic E-state index is 14.3. The van der Waals surface area contributed by atoms with Crippen molar-refractivity contribution in [2.75, 3.05) is 18.4 Å². The van der Waals surface area contributed by atoms with Gasteiger partial charge in [-0.1, -0.05) is 19.9 Å². The summed E-state index contributed by atoms with van der Waals surface area (Å²) in [5, 5.41) is 13.5. The second kappa shape index (κ2) is 9.05. The zero-order chi connectivity index (χ0) is 21.0. The van der Waals surface area contributed by atoms with Crippen LogP contribution < -0.4 is 5.32 Å². The third kappa shape index (κ3) is 4.40. The number of hydrogen-bond acceptors (Lipinski definition) is 5. The molecule has 0 spiro atoms. The van der Waals surface area contributed by atoms with Crippen molar-refractivity contribution >= 4 is 28.3 Å². The van der Waals surface area contributed by atoms with E-state index in [1.807, 2.05) is 13.8 Å². The molecule has 7 heteroatoms. The lowest BCUT2D eigenvalue weighted by molar-refractivity contribution is 0.0451. The van der Waals surface area contributed by atoms with Crippen LogP contribution in [0.25, 0.3) is 11.0 Å². The Balaban J connectivity index is 0.00000117. The Morgan fingerprint density at radius 1 is 1.34 bits per heavy atom. The molecular weight excluding hydrogens is 373 g/mol. The molecule has 1 atom stereocenters. The molecule has 2 aromatic heterocycles. The molecule has 3 aromatic rings. The average molecular weight is 399 g/mol. The van der Waals surface area contributed by atoms with E-state index < -0.39 is 11.9 Å². The van der Waals surface area contributed by atoms with Crippen molar-refractivity contribution in [1.29, 1.82) is 0 Å². The van der Waals surface area contributed by atoms with E-state index in [1.165, 1.54) is 6.07 Å². The van der Waals surface area contributed by atoms with Gasteiger partial charge in [0.05, 0.1) is 17.2 Å². The highest BCUT2D eigenvalue weighted by molar-refractivity contribution is 6.07. The van der Waals surface area contributed by atoms with Crippen molar-refractivity contribution in [2.45, 2.75) is 39.7 Å². The molecule has 1 aliphatic heterocycles. The number of benzene rings is 1. The number of nitrogens with one attached hydrogen (secondary N) is 1. The first-order valence-electron chi connectivity index (χ1n) is 9.90. The number of rotatable bonds is 3. The number of pyridine rings is 1. The summed E-state index contributed by atoms with van der Waals surface area (Å²) in [6, 6.07) is 6.49. The highest BCUT2D eigenvalue weighted by Crippen LogP contribution is 2.34. The monoisotopic (exact) mass is 399 g/mol. The van der Waals surface area contributed by atoms with E-state index in [2.05, 4.69) is 10.3 Å². The van der Waals surface area contributed by atoms with Gasteiger partial charge in [0.2, 0.25) is 5.76 Å². The number of hydrogen-bond donors (Lipinski definition) is 2. The minimum atomic E-state index is -0.542. The summed E-state index contributed by atoms with van der Waals surface area (Å²) in [6.07, 6.45) is 4.01. The maximum atomic E-state index is 14.3. The predicted molar refractivity (Wildman–Crippen MR) is 111 cm³/mol. The molecule has 29 heavy (non-hydrogen) atoms. The van der Waals surface area contributed by atoms with Crippen LogP contribution in [0, 0.1) is 12.7 Å². The minimum absolute atomic E-state index is 0.0899. The number of nitrogens with zero attached hydrogens (tertiary/aromatic N) is 2. The Kier molecular flexibility index (Phi) is 6.49. The van der Waals surface area contributed by atoms with Crippen LogP contribution in [0.5, 0.6) is 0 Å². The van der Waals surface area contributed by atoms with E-state index in [1.54, 1.807) is 42.4 Å². The number of likely N-dealkylation sites (tertiary alicyclic amines) is 1. The van der Waals surface area contributed by atoms with Gasteiger partial charge in [-0.3, -0.25) is 9.78 Å². The zero-order valence-electron chi connectivity index (χ0n) is 16.9. The van der Waals surface area contributed by atoms with Crippen LogP contribution in [0.3, 0.4) is 0 Å². The molecule has 6 nitrogen and oxygen atoms in total. The smallest absolute Gasteiger partial charge is 0.291 e. The second-order valence-electron chi connectivity index (χ2n) is 6.83. The van der Waals surface area contributed by atoms with Gasteiger partial charge in [0.25, 0.3) is 5.91 Å². The molecular formula is C22H26FN3O3. The third-order valence-electron chi connectivity index (χ3n) is 4.75. The molecule has 0 aliphatic carbocycles. The van der Waals surface area contributed by atoms with Crippen LogP contribution in [0.15, 0.2) is 41.1 Å². The molecule has 2 N–H and O–H groups in total. The van der Waals surface area contributed by atoms with Crippen molar-refractivity contribution in [2.24, 2.45) is 0 Å². The lowest BCUT2D eigenvalue weighted by Crippen LogP contribution is -2.42. The van der Waals surface area contributed by atoms with E-state index in [0.717, 1.165) is 12.0 Å². The van der Waals surface area contributed by atoms with E-state index in [4.69, 9.17) is 4.42 Å². The fraction of sp³-hybridized carbons (Fsp3) is 0.364. The van der Waals surface area contributed by atoms with Gasteiger partial charge in [0.15, 0.2) is 0 Å². The maximum Gasteiger partial charge on any atom is 0.291 e. The molecule has 3 heterocycles. The van der Waals surface area contributed by atoms with Gasteiger partial charge in [-0.15, -0.1) is 0 Å². The van der Waals surface area contributed by atoms with Crippen molar-refractivity contribution in [1.82, 2.24) is 9.88 Å². The Labute approximate surface area is 169 Å². The van der Waals surface area contributed by atoms with Gasteiger partial charge < -0.3 is 19.7 Å². The number of β-amino-alcohol motifs (C(OH)–C–C–N with tert-alkyl or cyclic N) is 1. The van der Waals surface area contributed by atoms with Crippen LogP contribution in [0.1, 0.15) is 42.8 Å². The van der Waals surface area contributed by atoms with Crippen molar-refractivity contribution in [3.05, 3.63) is 53.8 Å². The summed E-state index contributed by atoms with van der Waals surface area (Å²) in [4.78, 5) is 18.7. The standard InChI is InChI=1S/C20H20FN3O3.C2H6/c1-12-4-5-16(15(21)9-12)23-18-14-10-22-7-6-17(14)27-19(18)20(26)24-8-2-3-13(25)11-24;1-2/h4-7,9-10,13,23,25H,2-3,8,11H2,1H3;1-2H3. The number of amides is 1. The number of halogens is 1. The Bertz CT molecular complexity index is 1000. The quantitative estimate of drug-likeness (QED) is 0.671. The normalized spacial score (nSPS) is 16.3. The number of aliphatic hydroxyl groups excluding tert-OH is 1. The van der Waals surface area contributed by atoms with Crippen LogP contribution in [-0.4, -0.2) is 40.1 Å². The molecule has 1 aromatic carbocycles. The lowest BCUT2D eigenvalue weighted by atomic mass is 10.1. The van der Waals surface area contributed by atoms with E-state index in [-0.39, 0.29) is 23.9 Å². The first-order valence-corrected chi connectivity index (χ1v) is 9.90. The molecule has 0 bridgehead atoms. The molecule has 1 unspecified atom stereocenters. The highest BCUT2D eigenvalue weighted by Gasteiger charge is 2.29. The first-order chi connectivity index (χ1) is 14.0. The van der Waals surface area contributed by atoms with Gasteiger partial charge in [-0.2, -0.15) is 0 Å². The summed E-state index contributed by atoms with van der Waals surface area (Å²) < 4.78 is 20.1. The molecule has 1 fully saturated rings. The molecule has 1 aliphatic rings. The van der Waals surface area contributed by atoms with Crippen LogP contribution in [0.2, 0.25) is 0 Å². The second-order valence-corrected chi connectivity index (χ2v) is 6.83. The predicted octanol–water partition coefficient (Wildman–Crippen LogP) is 4.64. The third-order valence-corrected chi connectivity index (χ3v) is 4.75. The SMILES string of the molecule is CC.Cc1ccc(Nc2c(C(=O)N3CCCC(O)C3)oc3ccncc23)c(F)c1. The van der Waals surface area contributed by atoms with Crippen molar-refractivity contribution < 1.29 is 18.7 Å². The molecule has 1 amide bonds. The number of fused-ring (bicyclic) bond motifs is 1. The number of furan rings is 1. The Hall–Kier alpha value is -2.93. The van der Waals surface area contributed by atoms with Crippen LogP contribution in [-0.2, 0) is 0 Å². The molecule has 0 saturated carbocycles. The summed E-state index contributed by atoms with van der Waals surface area (Å²) in [5.41, 5.74) is 1.92. The summed E-state index contributed by atoms with van der Waals surface area (Å²) in [5.74, 6) is -0.660. The highest BCUT2D eigenvalue weighted by atomic mass is 19.1. The number of carbonyl (C=O) groups excluding carboxylic acids is 1. The largest absolute Gasteiger partial charge is 0.448 e. The molecule has 154 valence electrons. The molecule has 4 rings (SSSR count). The van der Waals surface area contributed by atoms with Gasteiger partial charge in [-0.25, -0.2) is 4.39 Å². The number of aromatic nitrogens is 1. The summed E-state index contributed by atoms with van der Waals surface area (Å²) >= 11 is 0. The Morgan fingerprint density at radius 2 is 2.14 bits per heavy atom. The van der Waals surface area contributed by atoms with Gasteiger partial charge in [0, 0.05) is 25.5 Å². The van der Waals surface area contributed by atoms with E-state index in [9.17, 15) is 14.3 Å². The number of aryl methyl sites for hydroxylation is 1. The first kappa shape index (κ1) is 20.8. The average Bonchev–Trinajstić information content (AvgIpc) is 3.09. The van der Waals surface area contributed by atoms with Gasteiger partial charge in [0.1, 0.15) is 17.1 Å². The number of carbonyl (C=O) groups is 1. The topological polar surface area (TPSA) is 78.6 Å². The van der Waals surface area contributed by atoms with Crippen molar-refractivity contribution in [3.8, 4) is 0 Å². The summed E-state index contributed by atoms with van der Waals surface area (Å²) in [6.45, 7) is 6.61. The number of anilines is 2. The lowest BCUT2D eigenvalue weighted by Gasteiger charge is -2.29.